The molecular formula is C24H30ClN3O2. The van der Waals surface area contributed by atoms with Crippen molar-refractivity contribution in [1.82, 2.24) is 14.6 Å². The quantitative estimate of drug-likeness (QED) is 0.467. The number of carbonyl (C=O) groups is 1. The molecule has 6 heteroatoms. The number of halogens is 1. The number of ether oxygens (including phenoxy) is 1. The average molecular weight is 428 g/mol. The molecule has 30 heavy (non-hydrogen) atoms. The Kier molecular flexibility index (Phi) is 6.23. The van der Waals surface area contributed by atoms with E-state index in [9.17, 15) is 4.79 Å². The highest BCUT2D eigenvalue weighted by Gasteiger charge is 2.30. The van der Waals surface area contributed by atoms with Crippen LogP contribution >= 0.6 is 11.6 Å². The number of nitrogens with zero attached hydrogens (tertiary/aromatic N) is 3. The van der Waals surface area contributed by atoms with Crippen LogP contribution in [0.5, 0.6) is 0 Å². The van der Waals surface area contributed by atoms with Crippen LogP contribution in [-0.2, 0) is 14.9 Å². The fraction of sp³-hybridized carbons (Fsp3) is 0.458. The lowest BCUT2D eigenvalue weighted by Gasteiger charge is -2.21. The number of fused-ring (bicyclic) bond motifs is 1. The van der Waals surface area contributed by atoms with Gasteiger partial charge in [-0.25, -0.2) is 9.50 Å². The molecule has 0 saturated carbocycles. The SMILES string of the molecule is CCCC(C(=O)OC)c1c(C)nc2cc(C(C)(C)C)nn2c1-c1ccc(C)cc1Cl. The van der Waals surface area contributed by atoms with Gasteiger partial charge in [-0.05, 0) is 31.9 Å². The molecule has 0 amide bonds. The Labute approximate surface area is 183 Å². The van der Waals surface area contributed by atoms with Crippen LogP contribution in [0.4, 0.5) is 0 Å². The van der Waals surface area contributed by atoms with Crippen LogP contribution in [0.2, 0.25) is 5.02 Å². The first-order valence-electron chi connectivity index (χ1n) is 10.3. The van der Waals surface area contributed by atoms with E-state index in [-0.39, 0.29) is 11.4 Å². The van der Waals surface area contributed by atoms with Gasteiger partial charge in [-0.15, -0.1) is 0 Å². The molecule has 1 unspecified atom stereocenters. The van der Waals surface area contributed by atoms with Gasteiger partial charge in [0.2, 0.25) is 0 Å². The third-order valence-corrected chi connectivity index (χ3v) is 5.70. The molecule has 0 spiro atoms. The molecule has 5 nitrogen and oxygen atoms in total. The maximum Gasteiger partial charge on any atom is 0.313 e. The summed E-state index contributed by atoms with van der Waals surface area (Å²) in [6.07, 6.45) is 1.50. The van der Waals surface area contributed by atoms with Gasteiger partial charge >= 0.3 is 5.97 Å². The molecule has 1 atom stereocenters. The Hall–Kier alpha value is -2.40. The number of hydrogen-bond donors (Lipinski definition) is 0. The zero-order valence-electron chi connectivity index (χ0n) is 18.8. The lowest BCUT2D eigenvalue weighted by atomic mass is 9.89. The highest BCUT2D eigenvalue weighted by molar-refractivity contribution is 6.33. The normalized spacial score (nSPS) is 12.9. The zero-order chi connectivity index (χ0) is 22.2. The van der Waals surface area contributed by atoms with E-state index >= 15 is 0 Å². The van der Waals surface area contributed by atoms with Crippen LogP contribution in [0.25, 0.3) is 16.9 Å². The number of aryl methyl sites for hydroxylation is 2. The fourth-order valence-electron chi connectivity index (χ4n) is 3.80. The second-order valence-electron chi connectivity index (χ2n) is 8.86. The maximum atomic E-state index is 12.8. The summed E-state index contributed by atoms with van der Waals surface area (Å²) < 4.78 is 7.00. The van der Waals surface area contributed by atoms with Crippen molar-refractivity contribution in [2.24, 2.45) is 0 Å². The van der Waals surface area contributed by atoms with Gasteiger partial charge in [0, 0.05) is 28.3 Å². The average Bonchev–Trinajstić information content (AvgIpc) is 3.09. The smallest absolute Gasteiger partial charge is 0.313 e. The van der Waals surface area contributed by atoms with Crippen molar-refractivity contribution < 1.29 is 9.53 Å². The second kappa shape index (κ2) is 8.38. The molecule has 0 fully saturated rings. The summed E-state index contributed by atoms with van der Waals surface area (Å²) in [7, 11) is 1.43. The summed E-state index contributed by atoms with van der Waals surface area (Å²) >= 11 is 6.70. The minimum Gasteiger partial charge on any atom is -0.469 e. The predicted octanol–water partition coefficient (Wildman–Crippen LogP) is 6.02. The summed E-state index contributed by atoms with van der Waals surface area (Å²) in [5.74, 6) is -0.708. The van der Waals surface area contributed by atoms with Gasteiger partial charge in [0.25, 0.3) is 0 Å². The third-order valence-electron chi connectivity index (χ3n) is 5.39. The molecule has 160 valence electrons. The third kappa shape index (κ3) is 4.08. The monoisotopic (exact) mass is 427 g/mol. The number of rotatable bonds is 5. The minimum atomic E-state index is -0.438. The summed E-state index contributed by atoms with van der Waals surface area (Å²) in [6, 6.07) is 7.96. The first kappa shape index (κ1) is 22.3. The first-order valence-corrected chi connectivity index (χ1v) is 10.7. The number of esters is 1. The van der Waals surface area contributed by atoms with Crippen LogP contribution in [0.1, 0.15) is 69.0 Å². The van der Waals surface area contributed by atoms with Crippen molar-refractivity contribution in [3.8, 4) is 11.3 Å². The van der Waals surface area contributed by atoms with E-state index in [4.69, 9.17) is 26.4 Å². The Morgan fingerprint density at radius 3 is 2.50 bits per heavy atom. The molecule has 1 aromatic carbocycles. The number of carbonyl (C=O) groups excluding carboxylic acids is 1. The summed E-state index contributed by atoms with van der Waals surface area (Å²) in [6.45, 7) is 12.4. The maximum absolute atomic E-state index is 12.8. The van der Waals surface area contributed by atoms with Gasteiger partial charge < -0.3 is 4.74 Å². The van der Waals surface area contributed by atoms with Crippen molar-refractivity contribution in [2.75, 3.05) is 7.11 Å². The number of methoxy groups -OCH3 is 1. The van der Waals surface area contributed by atoms with Crippen LogP contribution in [0.15, 0.2) is 24.3 Å². The molecule has 0 radical (unpaired) electrons. The van der Waals surface area contributed by atoms with Crippen molar-refractivity contribution in [1.29, 1.82) is 0 Å². The fourth-order valence-corrected chi connectivity index (χ4v) is 4.12. The molecule has 0 aliphatic carbocycles. The Balaban J connectivity index is 2.45. The van der Waals surface area contributed by atoms with Crippen LogP contribution < -0.4 is 0 Å². The van der Waals surface area contributed by atoms with Crippen molar-refractivity contribution in [2.45, 2.75) is 65.7 Å². The molecule has 3 rings (SSSR count). The molecule has 0 aliphatic heterocycles. The van der Waals surface area contributed by atoms with Crippen LogP contribution in [0, 0.1) is 13.8 Å². The predicted molar refractivity (Wildman–Crippen MR) is 121 cm³/mol. The number of benzene rings is 1. The number of hydrogen-bond acceptors (Lipinski definition) is 4. The first-order chi connectivity index (χ1) is 14.1. The lowest BCUT2D eigenvalue weighted by Crippen LogP contribution is -2.19. The molecular weight excluding hydrogens is 398 g/mol. The van der Waals surface area contributed by atoms with E-state index in [1.807, 2.05) is 42.6 Å². The Morgan fingerprint density at radius 2 is 1.93 bits per heavy atom. The highest BCUT2D eigenvalue weighted by atomic mass is 35.5. The van der Waals surface area contributed by atoms with Crippen molar-refractivity contribution in [3.63, 3.8) is 0 Å². The highest BCUT2D eigenvalue weighted by Crippen LogP contribution is 2.39. The lowest BCUT2D eigenvalue weighted by molar-refractivity contribution is -0.142. The molecule has 0 saturated heterocycles. The molecule has 0 bridgehead atoms. The zero-order valence-corrected chi connectivity index (χ0v) is 19.6. The van der Waals surface area contributed by atoms with Gasteiger partial charge in [-0.2, -0.15) is 5.10 Å². The van der Waals surface area contributed by atoms with Crippen LogP contribution in [-0.4, -0.2) is 27.7 Å². The second-order valence-corrected chi connectivity index (χ2v) is 9.26. The summed E-state index contributed by atoms with van der Waals surface area (Å²) in [5.41, 5.74) is 5.86. The summed E-state index contributed by atoms with van der Waals surface area (Å²) in [4.78, 5) is 17.6. The van der Waals surface area contributed by atoms with Gasteiger partial charge in [0.05, 0.1) is 29.4 Å². The van der Waals surface area contributed by atoms with E-state index < -0.39 is 5.92 Å². The molecule has 2 heterocycles. The Bertz CT molecular complexity index is 1100. The number of aromatic nitrogens is 3. The van der Waals surface area contributed by atoms with Gasteiger partial charge in [0.1, 0.15) is 0 Å². The molecule has 0 aliphatic rings. The molecule has 3 aromatic rings. The van der Waals surface area contributed by atoms with E-state index in [0.717, 1.165) is 45.8 Å². The van der Waals surface area contributed by atoms with Crippen molar-refractivity contribution >= 4 is 23.2 Å². The van der Waals surface area contributed by atoms with E-state index in [1.54, 1.807) is 0 Å². The van der Waals surface area contributed by atoms with E-state index in [0.29, 0.717) is 11.4 Å². The van der Waals surface area contributed by atoms with Gasteiger partial charge in [-0.3, -0.25) is 4.79 Å². The van der Waals surface area contributed by atoms with Gasteiger partial charge in [0.15, 0.2) is 5.65 Å². The Morgan fingerprint density at radius 1 is 1.23 bits per heavy atom. The van der Waals surface area contributed by atoms with E-state index in [1.165, 1.54) is 7.11 Å². The topological polar surface area (TPSA) is 56.5 Å². The van der Waals surface area contributed by atoms with E-state index in [2.05, 4.69) is 27.7 Å². The standard InChI is InChI=1S/C24H30ClN3O2/c1-8-9-17(23(29)30-7)21-15(3)26-20-13-19(24(4,5)6)27-28(20)22(21)16-11-10-14(2)12-18(16)25/h10-13,17H,8-9H2,1-7H3. The summed E-state index contributed by atoms with van der Waals surface area (Å²) in [5, 5.41) is 5.52. The molecule has 0 N–H and O–H groups in total. The minimum absolute atomic E-state index is 0.138. The van der Waals surface area contributed by atoms with Crippen LogP contribution in [0.3, 0.4) is 0 Å². The van der Waals surface area contributed by atoms with Crippen molar-refractivity contribution in [3.05, 3.63) is 51.8 Å². The largest absolute Gasteiger partial charge is 0.469 e. The molecule has 2 aromatic heterocycles. The van der Waals surface area contributed by atoms with Gasteiger partial charge in [-0.1, -0.05) is 57.8 Å².